The summed E-state index contributed by atoms with van der Waals surface area (Å²) in [5, 5.41) is 23.2. The van der Waals surface area contributed by atoms with E-state index in [0.29, 0.717) is 0 Å². The normalized spacial score (nSPS) is 14.4. The number of amides is 2. The average molecular weight is 351 g/mol. The van der Waals surface area contributed by atoms with E-state index in [0.717, 1.165) is 5.56 Å². The van der Waals surface area contributed by atoms with Crippen molar-refractivity contribution < 1.29 is 24.6 Å². The molecule has 0 fully saturated rings. The number of benzene rings is 1. The van der Waals surface area contributed by atoms with Gasteiger partial charge in [0, 0.05) is 6.42 Å². The molecular formula is C17H25N3O5. The Balaban J connectivity index is 2.81. The van der Waals surface area contributed by atoms with Gasteiger partial charge in [0.25, 0.3) is 0 Å². The molecule has 8 heteroatoms. The van der Waals surface area contributed by atoms with Crippen molar-refractivity contribution in [3.05, 3.63) is 35.9 Å². The third-order valence-corrected chi connectivity index (χ3v) is 3.68. The molecule has 0 aliphatic carbocycles. The van der Waals surface area contributed by atoms with E-state index in [2.05, 4.69) is 10.6 Å². The SMILES string of the molecule is CC(C)[C@H](NC(=O)[C@@H](N)CO)C(=O)N[C@@H](Cc1ccccc1)C(=O)O. The van der Waals surface area contributed by atoms with Crippen LogP contribution < -0.4 is 16.4 Å². The summed E-state index contributed by atoms with van der Waals surface area (Å²) in [7, 11) is 0. The van der Waals surface area contributed by atoms with Crippen molar-refractivity contribution in [3.8, 4) is 0 Å². The predicted molar refractivity (Wildman–Crippen MR) is 91.5 cm³/mol. The van der Waals surface area contributed by atoms with E-state index in [9.17, 15) is 19.5 Å². The van der Waals surface area contributed by atoms with Gasteiger partial charge in [-0.1, -0.05) is 44.2 Å². The van der Waals surface area contributed by atoms with Gasteiger partial charge in [-0.25, -0.2) is 4.79 Å². The first-order valence-corrected chi connectivity index (χ1v) is 8.00. The fraction of sp³-hybridized carbons (Fsp3) is 0.471. The van der Waals surface area contributed by atoms with Crippen molar-refractivity contribution in [3.63, 3.8) is 0 Å². The Bertz CT molecular complexity index is 591. The number of carbonyl (C=O) groups is 3. The van der Waals surface area contributed by atoms with Crippen LogP contribution in [0.5, 0.6) is 0 Å². The zero-order valence-electron chi connectivity index (χ0n) is 14.3. The summed E-state index contributed by atoms with van der Waals surface area (Å²) in [5.74, 6) is -2.75. The summed E-state index contributed by atoms with van der Waals surface area (Å²) in [6.07, 6.45) is 0.122. The topological polar surface area (TPSA) is 142 Å². The summed E-state index contributed by atoms with van der Waals surface area (Å²) < 4.78 is 0. The monoisotopic (exact) mass is 351 g/mol. The first-order chi connectivity index (χ1) is 11.8. The Kier molecular flexibility index (Phi) is 8.03. The number of carboxylic acids is 1. The Morgan fingerprint density at radius 3 is 2.16 bits per heavy atom. The number of nitrogens with one attached hydrogen (secondary N) is 2. The second-order valence-corrected chi connectivity index (χ2v) is 6.11. The second-order valence-electron chi connectivity index (χ2n) is 6.11. The van der Waals surface area contributed by atoms with Gasteiger partial charge in [-0.15, -0.1) is 0 Å². The van der Waals surface area contributed by atoms with Gasteiger partial charge >= 0.3 is 5.97 Å². The van der Waals surface area contributed by atoms with E-state index in [1.807, 2.05) is 6.07 Å². The van der Waals surface area contributed by atoms with Crippen LogP contribution in [0.15, 0.2) is 30.3 Å². The average Bonchev–Trinajstić information content (AvgIpc) is 2.58. The Labute approximate surface area is 146 Å². The largest absolute Gasteiger partial charge is 0.480 e. The van der Waals surface area contributed by atoms with Crippen LogP contribution in [0, 0.1) is 5.92 Å². The fourth-order valence-electron chi connectivity index (χ4n) is 2.19. The van der Waals surface area contributed by atoms with Gasteiger partial charge in [0.15, 0.2) is 0 Å². The lowest BCUT2D eigenvalue weighted by Crippen LogP contribution is -2.57. The molecule has 6 N–H and O–H groups in total. The van der Waals surface area contributed by atoms with Crippen LogP contribution in [0.2, 0.25) is 0 Å². The molecule has 138 valence electrons. The molecule has 1 aromatic carbocycles. The van der Waals surface area contributed by atoms with E-state index in [4.69, 9.17) is 10.8 Å². The first-order valence-electron chi connectivity index (χ1n) is 8.00. The van der Waals surface area contributed by atoms with E-state index in [1.54, 1.807) is 38.1 Å². The zero-order chi connectivity index (χ0) is 19.0. The summed E-state index contributed by atoms with van der Waals surface area (Å²) in [5.41, 5.74) is 6.20. The summed E-state index contributed by atoms with van der Waals surface area (Å²) >= 11 is 0. The Morgan fingerprint density at radius 1 is 1.08 bits per heavy atom. The third kappa shape index (κ3) is 6.52. The molecule has 0 heterocycles. The van der Waals surface area contributed by atoms with Crippen molar-refractivity contribution in [2.24, 2.45) is 11.7 Å². The van der Waals surface area contributed by atoms with Gasteiger partial charge < -0.3 is 26.6 Å². The number of carbonyl (C=O) groups excluding carboxylic acids is 2. The van der Waals surface area contributed by atoms with Gasteiger partial charge in [0.1, 0.15) is 18.1 Å². The van der Waals surface area contributed by atoms with Crippen LogP contribution in [-0.4, -0.2) is 52.7 Å². The van der Waals surface area contributed by atoms with E-state index >= 15 is 0 Å². The standard InChI is InChI=1S/C17H25N3O5/c1-10(2)14(20-15(22)12(18)9-21)16(23)19-13(17(24)25)8-11-6-4-3-5-7-11/h3-7,10,12-14,21H,8-9,18H2,1-2H3,(H,19,23)(H,20,22)(H,24,25)/t12-,13-,14-/m0/s1. The number of hydrogen-bond acceptors (Lipinski definition) is 5. The van der Waals surface area contributed by atoms with Gasteiger partial charge in [0.2, 0.25) is 11.8 Å². The molecule has 1 aromatic rings. The first kappa shape index (κ1) is 20.6. The maximum atomic E-state index is 12.4. The number of aliphatic carboxylic acids is 1. The van der Waals surface area contributed by atoms with Crippen molar-refractivity contribution >= 4 is 17.8 Å². The third-order valence-electron chi connectivity index (χ3n) is 3.68. The minimum Gasteiger partial charge on any atom is -0.480 e. The molecule has 0 saturated carbocycles. The molecule has 0 radical (unpaired) electrons. The summed E-state index contributed by atoms with van der Waals surface area (Å²) in [4.78, 5) is 35.7. The zero-order valence-corrected chi connectivity index (χ0v) is 14.3. The molecular weight excluding hydrogens is 326 g/mol. The fourth-order valence-corrected chi connectivity index (χ4v) is 2.19. The highest BCUT2D eigenvalue weighted by Gasteiger charge is 2.29. The minimum absolute atomic E-state index is 0.122. The highest BCUT2D eigenvalue weighted by molar-refractivity contribution is 5.92. The Morgan fingerprint density at radius 2 is 1.68 bits per heavy atom. The van der Waals surface area contributed by atoms with Crippen LogP contribution in [-0.2, 0) is 20.8 Å². The lowest BCUT2D eigenvalue weighted by Gasteiger charge is -2.25. The molecule has 3 atom stereocenters. The highest BCUT2D eigenvalue weighted by Crippen LogP contribution is 2.07. The highest BCUT2D eigenvalue weighted by atomic mass is 16.4. The summed E-state index contributed by atoms with van der Waals surface area (Å²) in [6, 6.07) is 5.68. The van der Waals surface area contributed by atoms with Gasteiger partial charge in [-0.05, 0) is 11.5 Å². The molecule has 8 nitrogen and oxygen atoms in total. The second kappa shape index (κ2) is 9.75. The van der Waals surface area contributed by atoms with Crippen LogP contribution in [0.1, 0.15) is 19.4 Å². The molecule has 25 heavy (non-hydrogen) atoms. The van der Waals surface area contributed by atoms with Crippen LogP contribution in [0.25, 0.3) is 0 Å². The molecule has 0 bridgehead atoms. The lowest BCUT2D eigenvalue weighted by molar-refractivity contribution is -0.142. The number of aliphatic hydroxyl groups is 1. The summed E-state index contributed by atoms with van der Waals surface area (Å²) in [6.45, 7) is 2.87. The molecule has 0 aliphatic heterocycles. The van der Waals surface area contributed by atoms with Gasteiger partial charge in [0.05, 0.1) is 6.61 Å². The number of aliphatic hydroxyl groups excluding tert-OH is 1. The van der Waals surface area contributed by atoms with Crippen molar-refractivity contribution in [2.75, 3.05) is 6.61 Å². The smallest absolute Gasteiger partial charge is 0.326 e. The van der Waals surface area contributed by atoms with Gasteiger partial charge in [-0.2, -0.15) is 0 Å². The van der Waals surface area contributed by atoms with Crippen molar-refractivity contribution in [1.29, 1.82) is 0 Å². The van der Waals surface area contributed by atoms with E-state index in [-0.39, 0.29) is 12.3 Å². The molecule has 0 unspecified atom stereocenters. The molecule has 0 aromatic heterocycles. The van der Waals surface area contributed by atoms with Crippen molar-refractivity contribution in [2.45, 2.75) is 38.4 Å². The number of nitrogens with two attached hydrogens (primary N) is 1. The molecule has 1 rings (SSSR count). The maximum absolute atomic E-state index is 12.4. The van der Waals surface area contributed by atoms with E-state index in [1.165, 1.54) is 0 Å². The van der Waals surface area contributed by atoms with Crippen LogP contribution in [0.4, 0.5) is 0 Å². The lowest BCUT2D eigenvalue weighted by atomic mass is 10.0. The van der Waals surface area contributed by atoms with E-state index < -0.39 is 42.5 Å². The maximum Gasteiger partial charge on any atom is 0.326 e. The number of rotatable bonds is 9. The molecule has 0 aliphatic rings. The quantitative estimate of drug-likeness (QED) is 0.397. The molecule has 2 amide bonds. The number of hydrogen-bond donors (Lipinski definition) is 5. The van der Waals surface area contributed by atoms with Crippen LogP contribution >= 0.6 is 0 Å². The number of carboxylic acid groups (broad SMARTS) is 1. The predicted octanol–water partition coefficient (Wildman–Crippen LogP) is -0.741. The van der Waals surface area contributed by atoms with Crippen LogP contribution in [0.3, 0.4) is 0 Å². The minimum atomic E-state index is -1.17. The van der Waals surface area contributed by atoms with Crippen molar-refractivity contribution in [1.82, 2.24) is 10.6 Å². The molecule has 0 saturated heterocycles. The molecule has 0 spiro atoms. The van der Waals surface area contributed by atoms with Gasteiger partial charge in [-0.3, -0.25) is 9.59 Å². The Hall–Kier alpha value is -2.45.